The third-order valence-electron chi connectivity index (χ3n) is 3.77. The first kappa shape index (κ1) is 15.4. The second-order valence-corrected chi connectivity index (χ2v) is 10.9. The van der Waals surface area contributed by atoms with Crippen LogP contribution in [-0.4, -0.2) is 40.0 Å². The summed E-state index contributed by atoms with van der Waals surface area (Å²) in [4.78, 5) is 11.6. The normalized spacial score (nSPS) is 25.1. The fourth-order valence-corrected chi connectivity index (χ4v) is 2.47. The first-order valence-corrected chi connectivity index (χ1v) is 9.12. The Kier molecular flexibility index (Phi) is 4.75. The molecule has 104 valence electrons. The van der Waals surface area contributed by atoms with Crippen LogP contribution in [0.5, 0.6) is 0 Å². The number of ketones is 1. The Hall–Kier alpha value is -0.653. The third-order valence-corrected chi connectivity index (χ3v) is 8.27. The summed E-state index contributed by atoms with van der Waals surface area (Å²) < 4.78 is 16.7. The van der Waals surface area contributed by atoms with Crippen molar-refractivity contribution in [2.75, 3.05) is 13.7 Å². The molecule has 2 atom stereocenters. The van der Waals surface area contributed by atoms with E-state index in [1.165, 1.54) is 19.4 Å². The van der Waals surface area contributed by atoms with Crippen molar-refractivity contribution < 1.29 is 18.7 Å². The zero-order valence-corrected chi connectivity index (χ0v) is 13.1. The summed E-state index contributed by atoms with van der Waals surface area (Å²) in [5, 5.41) is 0.143. The van der Waals surface area contributed by atoms with Gasteiger partial charge in [-0.15, -0.1) is 0 Å². The first-order valence-electron chi connectivity index (χ1n) is 6.21. The zero-order chi connectivity index (χ0) is 14.0. The van der Waals surface area contributed by atoms with E-state index >= 15 is 0 Å². The molecular formula is C13H24O4Si. The predicted octanol–water partition coefficient (Wildman–Crippen LogP) is 2.50. The van der Waals surface area contributed by atoms with Gasteiger partial charge in [0, 0.05) is 13.2 Å². The summed E-state index contributed by atoms with van der Waals surface area (Å²) >= 11 is 0. The minimum Gasteiger partial charge on any atom is -0.492 e. The fourth-order valence-electron chi connectivity index (χ4n) is 1.46. The van der Waals surface area contributed by atoms with Crippen molar-refractivity contribution >= 4 is 14.1 Å². The highest BCUT2D eigenvalue weighted by Gasteiger charge is 2.39. The fraction of sp³-hybridized carbons (Fsp3) is 0.769. The maximum Gasteiger partial charge on any atom is 0.192 e. The van der Waals surface area contributed by atoms with Crippen LogP contribution in [-0.2, 0) is 18.7 Å². The zero-order valence-electron chi connectivity index (χ0n) is 12.1. The van der Waals surface area contributed by atoms with Gasteiger partial charge < -0.3 is 13.9 Å². The maximum absolute atomic E-state index is 11.6. The van der Waals surface area contributed by atoms with E-state index in [4.69, 9.17) is 13.9 Å². The van der Waals surface area contributed by atoms with Gasteiger partial charge in [-0.3, -0.25) is 4.79 Å². The van der Waals surface area contributed by atoms with Crippen LogP contribution >= 0.6 is 0 Å². The van der Waals surface area contributed by atoms with Crippen molar-refractivity contribution in [1.29, 1.82) is 0 Å². The van der Waals surface area contributed by atoms with Crippen molar-refractivity contribution in [3.63, 3.8) is 0 Å². The number of carbonyl (C=O) groups excluding carboxylic acids is 1. The van der Waals surface area contributed by atoms with E-state index in [2.05, 4.69) is 33.9 Å². The topological polar surface area (TPSA) is 44.8 Å². The summed E-state index contributed by atoms with van der Waals surface area (Å²) in [6.45, 7) is 11.3. The average Bonchev–Trinajstić information content (AvgIpc) is 2.25. The number of hydrogen-bond donors (Lipinski definition) is 0. The lowest BCUT2D eigenvalue weighted by atomic mass is 10.1. The van der Waals surface area contributed by atoms with Gasteiger partial charge in [-0.1, -0.05) is 20.8 Å². The van der Waals surface area contributed by atoms with Crippen LogP contribution in [0.2, 0.25) is 18.1 Å². The SMILES string of the molecule is CO[C@@H]1C(=O)C=CO[C@H]1CO[Si](C)(C)C(C)(C)C. The molecule has 0 bridgehead atoms. The van der Waals surface area contributed by atoms with Gasteiger partial charge in [0.1, 0.15) is 0 Å². The molecule has 1 aliphatic heterocycles. The molecule has 0 aromatic heterocycles. The van der Waals surface area contributed by atoms with Crippen molar-refractivity contribution in [3.05, 3.63) is 12.3 Å². The monoisotopic (exact) mass is 272 g/mol. The smallest absolute Gasteiger partial charge is 0.192 e. The van der Waals surface area contributed by atoms with E-state index in [9.17, 15) is 4.79 Å². The number of ether oxygens (including phenoxy) is 2. The second kappa shape index (κ2) is 5.55. The van der Waals surface area contributed by atoms with E-state index in [0.29, 0.717) is 6.61 Å². The minimum atomic E-state index is -1.82. The van der Waals surface area contributed by atoms with Crippen molar-refractivity contribution in [1.82, 2.24) is 0 Å². The predicted molar refractivity (Wildman–Crippen MR) is 73.0 cm³/mol. The van der Waals surface area contributed by atoms with Gasteiger partial charge in [0.05, 0.1) is 12.9 Å². The molecule has 0 saturated carbocycles. The van der Waals surface area contributed by atoms with Crippen LogP contribution in [0.1, 0.15) is 20.8 Å². The first-order chi connectivity index (χ1) is 8.19. The lowest BCUT2D eigenvalue weighted by molar-refractivity contribution is -0.135. The van der Waals surface area contributed by atoms with Gasteiger partial charge in [-0.05, 0) is 18.1 Å². The Morgan fingerprint density at radius 3 is 2.50 bits per heavy atom. The van der Waals surface area contributed by atoms with Gasteiger partial charge in [-0.2, -0.15) is 0 Å². The molecule has 18 heavy (non-hydrogen) atoms. The van der Waals surface area contributed by atoms with Crippen LogP contribution in [0, 0.1) is 0 Å². The summed E-state index contributed by atoms with van der Waals surface area (Å²) in [5.74, 6) is -0.0624. The largest absolute Gasteiger partial charge is 0.492 e. The summed E-state index contributed by atoms with van der Waals surface area (Å²) in [6.07, 6.45) is 1.93. The number of rotatable bonds is 4. The van der Waals surface area contributed by atoms with Crippen molar-refractivity contribution in [2.45, 2.75) is 51.1 Å². The lowest BCUT2D eigenvalue weighted by Gasteiger charge is -2.38. The molecule has 0 radical (unpaired) electrons. The van der Waals surface area contributed by atoms with Crippen LogP contribution in [0.15, 0.2) is 12.3 Å². The van der Waals surface area contributed by atoms with E-state index in [0.717, 1.165) is 0 Å². The number of hydrogen-bond acceptors (Lipinski definition) is 4. The molecule has 0 fully saturated rings. The third kappa shape index (κ3) is 3.43. The molecule has 4 nitrogen and oxygen atoms in total. The van der Waals surface area contributed by atoms with Gasteiger partial charge in [0.15, 0.2) is 26.3 Å². The van der Waals surface area contributed by atoms with Crippen LogP contribution < -0.4 is 0 Å². The average molecular weight is 272 g/mol. The van der Waals surface area contributed by atoms with Gasteiger partial charge in [0.25, 0.3) is 0 Å². The maximum atomic E-state index is 11.6. The summed E-state index contributed by atoms with van der Waals surface area (Å²) in [5.41, 5.74) is 0. The molecule has 0 amide bonds. The van der Waals surface area contributed by atoms with E-state index in [1.54, 1.807) is 0 Å². The molecule has 0 spiro atoms. The van der Waals surface area contributed by atoms with Gasteiger partial charge in [0.2, 0.25) is 0 Å². The Bertz CT molecular complexity index is 330. The number of carbonyl (C=O) groups is 1. The van der Waals surface area contributed by atoms with E-state index in [-0.39, 0.29) is 16.9 Å². The lowest BCUT2D eigenvalue weighted by Crippen LogP contribution is -2.47. The molecule has 0 unspecified atom stereocenters. The van der Waals surface area contributed by atoms with Crippen molar-refractivity contribution in [3.8, 4) is 0 Å². The standard InChI is InChI=1S/C13H24O4Si/c1-13(2,3)18(5,6)17-9-11-12(15-4)10(14)7-8-16-11/h7-8,11-12H,9H2,1-6H3/t11-,12+/m0/s1. The molecule has 0 N–H and O–H groups in total. The van der Waals surface area contributed by atoms with Crippen LogP contribution in [0.25, 0.3) is 0 Å². The Morgan fingerprint density at radius 1 is 1.39 bits per heavy atom. The molecule has 5 heteroatoms. The molecule has 0 saturated heterocycles. The summed E-state index contributed by atoms with van der Waals surface area (Å²) in [7, 11) is -0.306. The molecular weight excluding hydrogens is 248 g/mol. The van der Waals surface area contributed by atoms with Gasteiger partial charge >= 0.3 is 0 Å². The Labute approximate surface area is 110 Å². The molecule has 0 aromatic carbocycles. The Balaban J connectivity index is 2.63. The van der Waals surface area contributed by atoms with E-state index < -0.39 is 14.4 Å². The summed E-state index contributed by atoms with van der Waals surface area (Å²) in [6, 6.07) is 0. The molecule has 1 heterocycles. The van der Waals surface area contributed by atoms with Gasteiger partial charge in [-0.25, -0.2) is 0 Å². The number of methoxy groups -OCH3 is 1. The second-order valence-electron chi connectivity index (χ2n) is 6.11. The van der Waals surface area contributed by atoms with Crippen LogP contribution in [0.3, 0.4) is 0 Å². The highest BCUT2D eigenvalue weighted by Crippen LogP contribution is 2.36. The van der Waals surface area contributed by atoms with Crippen molar-refractivity contribution in [2.24, 2.45) is 0 Å². The highest BCUT2D eigenvalue weighted by atomic mass is 28.4. The van der Waals surface area contributed by atoms with E-state index in [1.807, 2.05) is 0 Å². The highest BCUT2D eigenvalue weighted by molar-refractivity contribution is 6.74. The minimum absolute atomic E-state index is 0.0624. The quantitative estimate of drug-likeness (QED) is 0.738. The Morgan fingerprint density at radius 2 is 2.00 bits per heavy atom. The molecule has 0 aliphatic carbocycles. The molecule has 0 aromatic rings. The molecule has 1 rings (SSSR count). The van der Waals surface area contributed by atoms with Crippen LogP contribution in [0.4, 0.5) is 0 Å². The molecule has 1 aliphatic rings.